The summed E-state index contributed by atoms with van der Waals surface area (Å²) in [6.45, 7) is 3.56. The van der Waals surface area contributed by atoms with Gasteiger partial charge in [-0.25, -0.2) is 0 Å². The molecule has 1 heterocycles. The van der Waals surface area contributed by atoms with Crippen molar-refractivity contribution in [2.45, 2.75) is 30.7 Å². The van der Waals surface area contributed by atoms with Crippen LogP contribution in [-0.4, -0.2) is 97.6 Å². The van der Waals surface area contributed by atoms with Crippen molar-refractivity contribution in [3.8, 4) is 17.2 Å². The van der Waals surface area contributed by atoms with Gasteiger partial charge in [0.1, 0.15) is 30.1 Å². The van der Waals surface area contributed by atoms with Gasteiger partial charge in [0.25, 0.3) is 0 Å². The van der Waals surface area contributed by atoms with Gasteiger partial charge < -0.3 is 39.4 Å². The van der Waals surface area contributed by atoms with Gasteiger partial charge in [0.2, 0.25) is 12.0 Å². The standard InChI is InChI=1S/C19H30NO8/c1-10(20(2,3)4)11-7-12(25-5)18(13(8-11)26-6)28-19-17(24)16(23)15(22)14(9-21)27-19/h7-8,14-17,19,21-24H,1,9H2,2-6H3/q+1/t14-,15-,16+,17-,19-/m1/s1. The number of rotatable bonds is 7. The lowest BCUT2D eigenvalue weighted by Crippen LogP contribution is -2.60. The van der Waals surface area contributed by atoms with Gasteiger partial charge in [0.05, 0.1) is 42.0 Å². The smallest absolute Gasteiger partial charge is 0.229 e. The van der Waals surface area contributed by atoms with Gasteiger partial charge in [-0.1, -0.05) is 0 Å². The van der Waals surface area contributed by atoms with Gasteiger partial charge in [0, 0.05) is 5.56 Å². The van der Waals surface area contributed by atoms with Crippen LogP contribution in [0.1, 0.15) is 5.56 Å². The zero-order chi connectivity index (χ0) is 21.2. The third-order valence-electron chi connectivity index (χ3n) is 4.69. The van der Waals surface area contributed by atoms with E-state index in [1.807, 2.05) is 21.1 Å². The monoisotopic (exact) mass is 400 g/mol. The summed E-state index contributed by atoms with van der Waals surface area (Å²) in [4.78, 5) is 0. The number of aliphatic hydroxyl groups excluding tert-OH is 4. The number of hydrogen-bond donors (Lipinski definition) is 4. The van der Waals surface area contributed by atoms with E-state index in [0.717, 1.165) is 11.3 Å². The number of quaternary nitrogens is 1. The molecule has 9 heteroatoms. The molecule has 0 saturated carbocycles. The SMILES string of the molecule is C=C(c1cc(OC)c(O[C@H]2O[C@H](CO)[C@@H](O)[C@H](O)[C@H]2O)c(OC)c1)[N+](C)(C)C. The van der Waals surface area contributed by atoms with Crippen molar-refractivity contribution in [2.24, 2.45) is 0 Å². The lowest BCUT2D eigenvalue weighted by molar-refractivity contribution is -0.795. The second kappa shape index (κ2) is 8.64. The number of methoxy groups -OCH3 is 2. The first kappa shape index (κ1) is 22.4. The second-order valence-electron chi connectivity index (χ2n) is 7.48. The van der Waals surface area contributed by atoms with E-state index < -0.39 is 37.3 Å². The number of ether oxygens (including phenoxy) is 4. The summed E-state index contributed by atoms with van der Waals surface area (Å²) >= 11 is 0. The maximum Gasteiger partial charge on any atom is 0.229 e. The fourth-order valence-electron chi connectivity index (χ4n) is 2.83. The maximum absolute atomic E-state index is 10.2. The Kier molecular flexibility index (Phi) is 6.92. The second-order valence-corrected chi connectivity index (χ2v) is 7.48. The van der Waals surface area contributed by atoms with Crippen LogP contribution in [0.15, 0.2) is 18.7 Å². The number of nitrogens with zero attached hydrogens (tertiary/aromatic N) is 1. The molecular weight excluding hydrogens is 370 g/mol. The largest absolute Gasteiger partial charge is 0.493 e. The molecule has 0 radical (unpaired) electrons. The molecule has 28 heavy (non-hydrogen) atoms. The number of benzene rings is 1. The van der Waals surface area contributed by atoms with Crippen molar-refractivity contribution in [2.75, 3.05) is 42.0 Å². The molecular formula is C19H30NO8+. The third kappa shape index (κ3) is 4.40. The summed E-state index contributed by atoms with van der Waals surface area (Å²) in [6.07, 6.45) is -7.01. The van der Waals surface area contributed by atoms with Crippen molar-refractivity contribution < 1.29 is 43.9 Å². The summed E-state index contributed by atoms with van der Waals surface area (Å²) < 4.78 is 22.5. The van der Waals surface area contributed by atoms with Gasteiger partial charge in [-0.3, -0.25) is 4.48 Å². The van der Waals surface area contributed by atoms with Gasteiger partial charge in [-0.15, -0.1) is 0 Å². The lowest BCUT2D eigenvalue weighted by atomic mass is 9.99. The molecule has 0 spiro atoms. The topological polar surface area (TPSA) is 118 Å². The molecule has 1 aliphatic rings. The molecule has 0 unspecified atom stereocenters. The van der Waals surface area contributed by atoms with Crippen LogP contribution >= 0.6 is 0 Å². The fourth-order valence-corrected chi connectivity index (χ4v) is 2.83. The normalized spacial score (nSPS) is 28.0. The highest BCUT2D eigenvalue weighted by Crippen LogP contribution is 2.42. The van der Waals surface area contributed by atoms with Crippen LogP contribution in [0.25, 0.3) is 5.70 Å². The van der Waals surface area contributed by atoms with E-state index in [0.29, 0.717) is 16.0 Å². The maximum atomic E-state index is 10.2. The van der Waals surface area contributed by atoms with E-state index in [4.69, 9.17) is 18.9 Å². The summed E-state index contributed by atoms with van der Waals surface area (Å²) in [6, 6.07) is 3.43. The van der Waals surface area contributed by atoms with Crippen molar-refractivity contribution in [1.82, 2.24) is 0 Å². The summed E-state index contributed by atoms with van der Waals surface area (Å²) in [5.41, 5.74) is 1.57. The molecule has 0 aromatic heterocycles. The zero-order valence-corrected chi connectivity index (χ0v) is 16.8. The predicted octanol–water partition coefficient (Wildman–Crippen LogP) is -0.441. The molecule has 2 rings (SSSR count). The number of aliphatic hydroxyl groups is 4. The van der Waals surface area contributed by atoms with Gasteiger partial charge >= 0.3 is 0 Å². The first-order chi connectivity index (χ1) is 13.0. The molecule has 1 saturated heterocycles. The van der Waals surface area contributed by atoms with Crippen LogP contribution in [0.3, 0.4) is 0 Å². The molecule has 1 aromatic rings. The number of hydrogen-bond acceptors (Lipinski definition) is 8. The minimum Gasteiger partial charge on any atom is -0.493 e. The Morgan fingerprint density at radius 2 is 1.57 bits per heavy atom. The Morgan fingerprint density at radius 3 is 2.00 bits per heavy atom. The molecule has 1 aliphatic heterocycles. The van der Waals surface area contributed by atoms with E-state index in [1.165, 1.54) is 14.2 Å². The summed E-state index contributed by atoms with van der Waals surface area (Å²) in [7, 11) is 8.82. The van der Waals surface area contributed by atoms with E-state index in [9.17, 15) is 20.4 Å². The Bertz CT molecular complexity index is 675. The van der Waals surface area contributed by atoms with Crippen molar-refractivity contribution in [3.05, 3.63) is 24.3 Å². The van der Waals surface area contributed by atoms with Crippen molar-refractivity contribution in [3.63, 3.8) is 0 Å². The van der Waals surface area contributed by atoms with E-state index in [2.05, 4.69) is 6.58 Å². The first-order valence-corrected chi connectivity index (χ1v) is 8.79. The average Bonchev–Trinajstić information content (AvgIpc) is 2.66. The summed E-state index contributed by atoms with van der Waals surface area (Å²) in [5, 5.41) is 39.4. The van der Waals surface area contributed by atoms with Gasteiger partial charge in [-0.2, -0.15) is 0 Å². The third-order valence-corrected chi connectivity index (χ3v) is 4.69. The zero-order valence-electron chi connectivity index (χ0n) is 16.8. The highest BCUT2D eigenvalue weighted by Gasteiger charge is 2.45. The Hall–Kier alpha value is -1.88. The quantitative estimate of drug-likeness (QED) is 0.455. The molecule has 4 N–H and O–H groups in total. The molecule has 9 nitrogen and oxygen atoms in total. The molecule has 1 aromatic carbocycles. The lowest BCUT2D eigenvalue weighted by Gasteiger charge is -2.39. The van der Waals surface area contributed by atoms with Gasteiger partial charge in [0.15, 0.2) is 11.5 Å². The molecule has 5 atom stereocenters. The van der Waals surface area contributed by atoms with Crippen LogP contribution in [0.5, 0.6) is 17.2 Å². The Morgan fingerprint density at radius 1 is 1.04 bits per heavy atom. The van der Waals surface area contributed by atoms with Gasteiger partial charge in [-0.05, 0) is 18.7 Å². The molecule has 158 valence electrons. The fraction of sp³-hybridized carbons (Fsp3) is 0.579. The first-order valence-electron chi connectivity index (χ1n) is 8.79. The van der Waals surface area contributed by atoms with E-state index in [-0.39, 0.29) is 5.75 Å². The van der Waals surface area contributed by atoms with Crippen LogP contribution in [0, 0.1) is 0 Å². The van der Waals surface area contributed by atoms with Crippen LogP contribution in [-0.2, 0) is 4.74 Å². The van der Waals surface area contributed by atoms with Crippen LogP contribution < -0.4 is 14.2 Å². The highest BCUT2D eigenvalue weighted by molar-refractivity contribution is 5.66. The molecule has 1 fully saturated rings. The minimum atomic E-state index is -1.55. The molecule has 0 aliphatic carbocycles. The molecule has 0 amide bonds. The van der Waals surface area contributed by atoms with Crippen molar-refractivity contribution >= 4 is 5.70 Å². The highest BCUT2D eigenvalue weighted by atomic mass is 16.7. The summed E-state index contributed by atoms with van der Waals surface area (Å²) in [5.74, 6) is 0.758. The van der Waals surface area contributed by atoms with E-state index in [1.54, 1.807) is 12.1 Å². The Labute approximate surface area is 164 Å². The molecule has 0 bridgehead atoms. The van der Waals surface area contributed by atoms with E-state index >= 15 is 0 Å². The predicted molar refractivity (Wildman–Crippen MR) is 101 cm³/mol. The van der Waals surface area contributed by atoms with Crippen LogP contribution in [0.2, 0.25) is 0 Å². The van der Waals surface area contributed by atoms with Crippen LogP contribution in [0.4, 0.5) is 0 Å². The average molecular weight is 400 g/mol. The Balaban J connectivity index is 2.41. The van der Waals surface area contributed by atoms with Crippen molar-refractivity contribution in [1.29, 1.82) is 0 Å². The minimum absolute atomic E-state index is 0.146.